The normalized spacial score (nSPS) is 14.8. The van der Waals surface area contributed by atoms with Crippen LogP contribution in [0.4, 0.5) is 0 Å². The van der Waals surface area contributed by atoms with Gasteiger partial charge in [0, 0.05) is 0 Å². The molecular formula is C12H16N2. The highest BCUT2D eigenvalue weighted by atomic mass is 14.7. The van der Waals surface area contributed by atoms with Gasteiger partial charge in [-0.15, -0.1) is 0 Å². The summed E-state index contributed by atoms with van der Waals surface area (Å²) in [5.41, 5.74) is 6.12. The summed E-state index contributed by atoms with van der Waals surface area (Å²) < 4.78 is 0. The van der Waals surface area contributed by atoms with E-state index in [0.29, 0.717) is 12.3 Å². The van der Waals surface area contributed by atoms with Crippen LogP contribution in [0, 0.1) is 17.2 Å². The van der Waals surface area contributed by atoms with Crippen molar-refractivity contribution in [3.8, 4) is 6.07 Å². The predicted molar refractivity (Wildman–Crippen MR) is 57.4 cm³/mol. The van der Waals surface area contributed by atoms with Gasteiger partial charge in [-0.3, -0.25) is 0 Å². The number of nitrogens with two attached hydrogens (primary N) is 1. The molecule has 74 valence electrons. The number of nitrogens with zero attached hydrogens (tertiary/aromatic N) is 1. The minimum Gasteiger partial charge on any atom is -0.310 e. The minimum absolute atomic E-state index is 0.417. The molecule has 1 unspecified atom stereocenters. The maximum Gasteiger partial charge on any atom is 0.130 e. The molecule has 0 fully saturated rings. The first-order valence-corrected chi connectivity index (χ1v) is 4.84. The lowest BCUT2D eigenvalue weighted by atomic mass is 9.85. The van der Waals surface area contributed by atoms with Crippen molar-refractivity contribution in [2.75, 3.05) is 0 Å². The second-order valence-corrected chi connectivity index (χ2v) is 4.05. The molecular weight excluding hydrogens is 172 g/mol. The van der Waals surface area contributed by atoms with Crippen LogP contribution in [-0.4, -0.2) is 0 Å². The van der Waals surface area contributed by atoms with Crippen molar-refractivity contribution in [3.63, 3.8) is 0 Å². The van der Waals surface area contributed by atoms with Crippen LogP contribution in [0.1, 0.15) is 25.8 Å². The average Bonchev–Trinajstić information content (AvgIpc) is 2.18. The highest BCUT2D eigenvalue weighted by molar-refractivity contribution is 5.30. The van der Waals surface area contributed by atoms with E-state index in [-0.39, 0.29) is 0 Å². The lowest BCUT2D eigenvalue weighted by Gasteiger charge is -2.23. The summed E-state index contributed by atoms with van der Waals surface area (Å²) in [6.07, 6.45) is 0.688. The topological polar surface area (TPSA) is 49.8 Å². The summed E-state index contributed by atoms with van der Waals surface area (Å²) in [6.45, 7) is 4.14. The van der Waals surface area contributed by atoms with Crippen molar-refractivity contribution in [2.24, 2.45) is 11.7 Å². The first-order chi connectivity index (χ1) is 6.58. The third-order valence-electron chi connectivity index (χ3n) is 2.22. The Labute approximate surface area is 85.4 Å². The van der Waals surface area contributed by atoms with Gasteiger partial charge in [0.15, 0.2) is 0 Å². The summed E-state index contributed by atoms with van der Waals surface area (Å²) in [5.74, 6) is 0.417. The van der Waals surface area contributed by atoms with E-state index in [1.165, 1.54) is 0 Å². The molecule has 0 radical (unpaired) electrons. The van der Waals surface area contributed by atoms with E-state index in [1.807, 2.05) is 30.3 Å². The molecule has 2 N–H and O–H groups in total. The molecule has 0 aromatic heterocycles. The Morgan fingerprint density at radius 2 is 1.93 bits per heavy atom. The van der Waals surface area contributed by atoms with Gasteiger partial charge in [-0.05, 0) is 17.9 Å². The van der Waals surface area contributed by atoms with Crippen LogP contribution >= 0.6 is 0 Å². The van der Waals surface area contributed by atoms with Gasteiger partial charge in [0.05, 0.1) is 6.07 Å². The molecule has 0 aliphatic rings. The van der Waals surface area contributed by atoms with E-state index >= 15 is 0 Å². The Morgan fingerprint density at radius 1 is 1.36 bits per heavy atom. The predicted octanol–water partition coefficient (Wildman–Crippen LogP) is 2.41. The van der Waals surface area contributed by atoms with Crippen LogP contribution in [0.5, 0.6) is 0 Å². The quantitative estimate of drug-likeness (QED) is 0.791. The molecule has 1 aromatic carbocycles. The molecule has 0 saturated heterocycles. The Hall–Kier alpha value is -1.33. The highest BCUT2D eigenvalue weighted by Gasteiger charge is 2.27. The van der Waals surface area contributed by atoms with E-state index in [9.17, 15) is 0 Å². The standard InChI is InChI=1S/C12H16N2/c1-10(2)8-12(14,9-13)11-6-4-3-5-7-11/h3-7,10H,8,14H2,1-2H3. The van der Waals surface area contributed by atoms with Gasteiger partial charge in [0.1, 0.15) is 5.54 Å². The third kappa shape index (κ3) is 2.34. The van der Waals surface area contributed by atoms with Crippen molar-refractivity contribution < 1.29 is 0 Å². The van der Waals surface area contributed by atoms with Gasteiger partial charge in [0.25, 0.3) is 0 Å². The first-order valence-electron chi connectivity index (χ1n) is 4.84. The zero-order valence-electron chi connectivity index (χ0n) is 8.70. The van der Waals surface area contributed by atoms with E-state index < -0.39 is 5.54 Å². The number of rotatable bonds is 3. The molecule has 14 heavy (non-hydrogen) atoms. The molecule has 2 nitrogen and oxygen atoms in total. The van der Waals surface area contributed by atoms with Crippen molar-refractivity contribution in [1.29, 1.82) is 5.26 Å². The third-order valence-corrected chi connectivity index (χ3v) is 2.22. The number of hydrogen-bond acceptors (Lipinski definition) is 2. The molecule has 1 rings (SSSR count). The average molecular weight is 188 g/mol. The summed E-state index contributed by atoms with van der Waals surface area (Å²) in [6, 6.07) is 11.8. The molecule has 0 bridgehead atoms. The van der Waals surface area contributed by atoms with Crippen LogP contribution < -0.4 is 5.73 Å². The molecule has 0 spiro atoms. The Morgan fingerprint density at radius 3 is 2.36 bits per heavy atom. The Bertz CT molecular complexity index is 324. The van der Waals surface area contributed by atoms with Gasteiger partial charge in [0.2, 0.25) is 0 Å². The second kappa shape index (κ2) is 4.26. The van der Waals surface area contributed by atoms with Gasteiger partial charge in [-0.1, -0.05) is 44.2 Å². The SMILES string of the molecule is CC(C)CC(N)(C#N)c1ccccc1. The fourth-order valence-electron chi connectivity index (χ4n) is 1.61. The van der Waals surface area contributed by atoms with E-state index in [4.69, 9.17) is 11.0 Å². The summed E-state index contributed by atoms with van der Waals surface area (Å²) in [5, 5.41) is 9.11. The number of hydrogen-bond donors (Lipinski definition) is 1. The van der Waals surface area contributed by atoms with Crippen LogP contribution in [0.3, 0.4) is 0 Å². The molecule has 0 aliphatic heterocycles. The maximum atomic E-state index is 9.11. The van der Waals surface area contributed by atoms with Crippen LogP contribution in [0.2, 0.25) is 0 Å². The van der Waals surface area contributed by atoms with Crippen molar-refractivity contribution >= 4 is 0 Å². The lowest BCUT2D eigenvalue weighted by molar-refractivity contribution is 0.431. The van der Waals surface area contributed by atoms with Crippen molar-refractivity contribution in [2.45, 2.75) is 25.8 Å². The molecule has 1 aromatic rings. The summed E-state index contributed by atoms with van der Waals surface area (Å²) in [7, 11) is 0. The second-order valence-electron chi connectivity index (χ2n) is 4.05. The molecule has 0 heterocycles. The number of nitriles is 1. The van der Waals surface area contributed by atoms with Gasteiger partial charge >= 0.3 is 0 Å². The monoisotopic (exact) mass is 188 g/mol. The maximum absolute atomic E-state index is 9.11. The molecule has 2 heteroatoms. The molecule has 0 aliphatic carbocycles. The van der Waals surface area contributed by atoms with Crippen molar-refractivity contribution in [3.05, 3.63) is 35.9 Å². The van der Waals surface area contributed by atoms with E-state index in [0.717, 1.165) is 5.56 Å². The molecule has 1 atom stereocenters. The van der Waals surface area contributed by atoms with Crippen LogP contribution in [0.15, 0.2) is 30.3 Å². The van der Waals surface area contributed by atoms with Crippen molar-refractivity contribution in [1.82, 2.24) is 0 Å². The highest BCUT2D eigenvalue weighted by Crippen LogP contribution is 2.24. The van der Waals surface area contributed by atoms with E-state index in [2.05, 4.69) is 19.9 Å². The minimum atomic E-state index is -0.838. The Balaban J connectivity index is 2.98. The largest absolute Gasteiger partial charge is 0.310 e. The number of benzene rings is 1. The lowest BCUT2D eigenvalue weighted by Crippen LogP contribution is -2.36. The zero-order chi connectivity index (χ0) is 10.6. The molecule has 0 saturated carbocycles. The molecule has 0 amide bonds. The fraction of sp³-hybridized carbons (Fsp3) is 0.417. The first kappa shape index (κ1) is 10.7. The van der Waals surface area contributed by atoms with Gasteiger partial charge in [-0.2, -0.15) is 5.26 Å². The fourth-order valence-corrected chi connectivity index (χ4v) is 1.61. The van der Waals surface area contributed by atoms with E-state index in [1.54, 1.807) is 0 Å². The zero-order valence-corrected chi connectivity index (χ0v) is 8.70. The van der Waals surface area contributed by atoms with Crippen LogP contribution in [0.25, 0.3) is 0 Å². The van der Waals surface area contributed by atoms with Crippen LogP contribution in [-0.2, 0) is 5.54 Å². The Kier molecular flexibility index (Phi) is 3.27. The summed E-state index contributed by atoms with van der Waals surface area (Å²) in [4.78, 5) is 0. The van der Waals surface area contributed by atoms with Gasteiger partial charge in [-0.25, -0.2) is 0 Å². The summed E-state index contributed by atoms with van der Waals surface area (Å²) >= 11 is 0. The van der Waals surface area contributed by atoms with Gasteiger partial charge < -0.3 is 5.73 Å². The smallest absolute Gasteiger partial charge is 0.130 e.